The van der Waals surface area contributed by atoms with Gasteiger partial charge in [0, 0.05) is 0 Å². The maximum Gasteiger partial charge on any atom is 0.276 e. The van der Waals surface area contributed by atoms with Crippen molar-refractivity contribution in [2.24, 2.45) is 0 Å². The molecule has 0 bridgehead atoms. The number of nitrogens with zero attached hydrogens (tertiary/aromatic N) is 1. The molecule has 1 aliphatic heterocycles. The monoisotopic (exact) mass is 763 g/mol. The van der Waals surface area contributed by atoms with Gasteiger partial charge in [-0.3, -0.25) is 4.79 Å². The van der Waals surface area contributed by atoms with Crippen molar-refractivity contribution in [1.29, 1.82) is 0 Å². The average molecular weight is 764 g/mol. The Morgan fingerprint density at radius 1 is 0.479 bits per heavy atom. The maximum absolute atomic E-state index is 15.3. The van der Waals surface area contributed by atoms with Crippen molar-refractivity contribution in [2.75, 3.05) is 6.61 Å². The molecule has 0 spiro atoms. The molecule has 0 unspecified atom stereocenters. The fourth-order valence-corrected chi connectivity index (χ4v) is 9.89. The van der Waals surface area contributed by atoms with Crippen LogP contribution in [0, 0.1) is 0 Å². The Hall–Kier alpha value is 0.354. The summed E-state index contributed by atoms with van der Waals surface area (Å²) in [7, 11) is -12.0. The lowest BCUT2D eigenvalue weighted by Gasteiger charge is -2.56. The number of amides is 1. The molecule has 48 heavy (non-hydrogen) atoms. The molecule has 286 valence electrons. The summed E-state index contributed by atoms with van der Waals surface area (Å²) in [5.74, 6) is -0.160. The topological polar surface area (TPSA) is 66.5 Å². The van der Waals surface area contributed by atoms with E-state index in [9.17, 15) is 0 Å². The summed E-state index contributed by atoms with van der Waals surface area (Å²) in [4.78, 5) is 15.3. The summed E-state index contributed by atoms with van der Waals surface area (Å²) in [5, 5.41) is 1.29. The highest BCUT2D eigenvalue weighted by Crippen LogP contribution is 2.47. The molecule has 4 atom stereocenters. The van der Waals surface area contributed by atoms with Crippen molar-refractivity contribution < 1.29 is 27.0 Å². The lowest BCUT2D eigenvalue weighted by molar-refractivity contribution is -0.220. The number of hydrogen-bond donors (Lipinski definition) is 0. The highest BCUT2D eigenvalue weighted by atomic mass is 28.4. The van der Waals surface area contributed by atoms with E-state index in [1.165, 1.54) is 0 Å². The molecule has 1 aliphatic rings. The molecule has 0 aliphatic carbocycles. The third kappa shape index (κ3) is 10.5. The van der Waals surface area contributed by atoms with Gasteiger partial charge in [0.15, 0.2) is 39.4 Å². The van der Waals surface area contributed by atoms with Crippen LogP contribution in [-0.4, -0.2) is 83.5 Å². The third-order valence-electron chi connectivity index (χ3n) is 13.0. The van der Waals surface area contributed by atoms with E-state index < -0.39 is 65.9 Å². The van der Waals surface area contributed by atoms with Gasteiger partial charge in [0.25, 0.3) is 5.91 Å². The van der Waals surface area contributed by atoms with Gasteiger partial charge in [0.1, 0.15) is 12.1 Å². The number of carbonyl (C=O) groups is 1. The first kappa shape index (κ1) is 46.4. The number of piperidine rings is 1. The summed E-state index contributed by atoms with van der Waals surface area (Å²) in [6.07, 6.45) is -1.96. The quantitative estimate of drug-likeness (QED) is 0.195. The zero-order valence-corrected chi connectivity index (χ0v) is 41.4. The highest BCUT2D eigenvalue weighted by molar-refractivity contribution is 6.76. The molecule has 1 fully saturated rings. The fraction of sp³-hybridized carbons (Fsp3) is 0.972. The Labute approximate surface area is 303 Å². The fourth-order valence-electron chi connectivity index (χ4n) is 4.04. The Bertz CT molecular complexity index is 1100. The SMILES string of the molecule is CC(C)(C)[Si](C)(C)OC[C@H]1[C@@H](O[Si](C)(C)C(C)(C)C)[C@H](O[Si](C)(C)C(C)(C)C)[C@@H](O[Si](C)(C)C(C)(C)C)C(=O)N1O[Si](C)(C)C(C)(C)C. The summed E-state index contributed by atoms with van der Waals surface area (Å²) in [6, 6.07) is -0.496. The predicted octanol–water partition coefficient (Wildman–Crippen LogP) is 11.3. The van der Waals surface area contributed by atoms with E-state index in [4.69, 9.17) is 22.2 Å². The van der Waals surface area contributed by atoms with Crippen LogP contribution in [0.3, 0.4) is 0 Å². The lowest BCUT2D eigenvalue weighted by atomic mass is 9.95. The van der Waals surface area contributed by atoms with E-state index in [0.29, 0.717) is 6.61 Å². The zero-order valence-electron chi connectivity index (χ0n) is 36.4. The first-order chi connectivity index (χ1) is 20.6. The average Bonchev–Trinajstić information content (AvgIpc) is 2.79. The summed E-state index contributed by atoms with van der Waals surface area (Å²) >= 11 is 0. The molecule has 0 aromatic heterocycles. The minimum Gasteiger partial charge on any atom is -0.415 e. The molecule has 1 saturated heterocycles. The van der Waals surface area contributed by atoms with Gasteiger partial charge in [-0.2, -0.15) is 0 Å². The summed E-state index contributed by atoms with van der Waals surface area (Å²) in [5.41, 5.74) is 0. The zero-order chi connectivity index (χ0) is 38.7. The van der Waals surface area contributed by atoms with Gasteiger partial charge in [-0.25, -0.2) is 5.06 Å². The van der Waals surface area contributed by atoms with Crippen molar-refractivity contribution in [3.05, 3.63) is 0 Å². The number of rotatable bonds is 11. The highest BCUT2D eigenvalue weighted by Gasteiger charge is 2.60. The van der Waals surface area contributed by atoms with Crippen LogP contribution in [0.1, 0.15) is 104 Å². The van der Waals surface area contributed by atoms with Crippen LogP contribution in [0.4, 0.5) is 0 Å². The molecule has 0 saturated carbocycles. The van der Waals surface area contributed by atoms with Crippen molar-refractivity contribution in [2.45, 2.75) is 219 Å². The molecule has 1 heterocycles. The van der Waals surface area contributed by atoms with Crippen molar-refractivity contribution >= 4 is 47.5 Å². The molecule has 0 aromatic carbocycles. The minimum atomic E-state index is -2.50. The summed E-state index contributed by atoms with van der Waals surface area (Å²) in [6.45, 7) is 56.5. The van der Waals surface area contributed by atoms with Crippen LogP contribution in [0.15, 0.2) is 0 Å². The lowest BCUT2D eigenvalue weighted by Crippen LogP contribution is -2.73. The molecule has 12 heteroatoms. The Morgan fingerprint density at radius 2 is 0.792 bits per heavy atom. The Morgan fingerprint density at radius 3 is 1.12 bits per heavy atom. The van der Waals surface area contributed by atoms with E-state index in [0.717, 1.165) is 0 Å². The number of hydroxylamine groups is 2. The second kappa shape index (κ2) is 14.3. The minimum absolute atomic E-state index is 0.00238. The Kier molecular flexibility index (Phi) is 13.8. The largest absolute Gasteiger partial charge is 0.415 e. The first-order valence-electron chi connectivity index (χ1n) is 18.3. The van der Waals surface area contributed by atoms with Crippen molar-refractivity contribution in [3.8, 4) is 0 Å². The number of carbonyl (C=O) groups excluding carboxylic acids is 1. The van der Waals surface area contributed by atoms with E-state index in [-0.39, 0.29) is 31.1 Å². The van der Waals surface area contributed by atoms with Crippen LogP contribution in [-0.2, 0) is 27.0 Å². The van der Waals surface area contributed by atoms with Crippen LogP contribution in [0.2, 0.25) is 90.7 Å². The third-order valence-corrected chi connectivity index (χ3v) is 35.2. The molecule has 0 aromatic rings. The van der Waals surface area contributed by atoms with E-state index in [2.05, 4.69) is 169 Å². The van der Waals surface area contributed by atoms with Gasteiger partial charge < -0.3 is 22.2 Å². The van der Waals surface area contributed by atoms with E-state index in [1.54, 1.807) is 5.06 Å². The normalized spacial score (nSPS) is 23.6. The second-order valence-electron chi connectivity index (χ2n) is 22.1. The Balaban J connectivity index is 4.27. The van der Waals surface area contributed by atoms with Gasteiger partial charge in [0.2, 0.25) is 8.32 Å². The molecule has 0 radical (unpaired) electrons. The maximum atomic E-state index is 15.3. The van der Waals surface area contributed by atoms with Crippen LogP contribution < -0.4 is 0 Å². The predicted molar refractivity (Wildman–Crippen MR) is 218 cm³/mol. The van der Waals surface area contributed by atoms with E-state index in [1.807, 2.05) is 0 Å². The molecule has 1 amide bonds. The van der Waals surface area contributed by atoms with Gasteiger partial charge >= 0.3 is 0 Å². The standard InChI is InChI=1S/C36H81NO6Si5/c1-32(2,3)44(16,17)39-26-27-28(40-45(18,19)33(4,5)6)29(41-46(20,21)34(7,8)9)30(42-47(22,23)35(10,11)12)31(38)37(27)43-48(24,25)36(13,14)15/h27-30H,26H2,1-25H3/t27-,28+,29-,30+/m0/s1. The van der Waals surface area contributed by atoms with Gasteiger partial charge in [-0.1, -0.05) is 104 Å². The smallest absolute Gasteiger partial charge is 0.276 e. The molecule has 0 N–H and O–H groups in total. The van der Waals surface area contributed by atoms with E-state index >= 15 is 4.79 Å². The van der Waals surface area contributed by atoms with Crippen LogP contribution in [0.25, 0.3) is 0 Å². The molecule has 1 rings (SSSR count). The van der Waals surface area contributed by atoms with Crippen molar-refractivity contribution in [3.63, 3.8) is 0 Å². The molecular formula is C36H81NO6Si5. The van der Waals surface area contributed by atoms with Gasteiger partial charge in [-0.15, -0.1) is 0 Å². The second-order valence-corrected chi connectivity index (χ2v) is 45.9. The van der Waals surface area contributed by atoms with Gasteiger partial charge in [-0.05, 0) is 90.7 Å². The van der Waals surface area contributed by atoms with Crippen LogP contribution in [0.5, 0.6) is 0 Å². The molecule has 7 nitrogen and oxygen atoms in total. The summed E-state index contributed by atoms with van der Waals surface area (Å²) < 4.78 is 36.3. The van der Waals surface area contributed by atoms with Gasteiger partial charge in [0.05, 0.1) is 12.7 Å². The first-order valence-corrected chi connectivity index (χ1v) is 32.9. The molecular weight excluding hydrogens is 683 g/mol. The van der Waals surface area contributed by atoms with Crippen LogP contribution >= 0.6 is 0 Å². The number of hydrogen-bond acceptors (Lipinski definition) is 6. The van der Waals surface area contributed by atoms with Crippen molar-refractivity contribution in [1.82, 2.24) is 5.06 Å².